The molecule has 0 spiro atoms. The van der Waals surface area contributed by atoms with Crippen molar-refractivity contribution in [2.24, 2.45) is 14.1 Å². The molecule has 1 saturated heterocycles. The lowest BCUT2D eigenvalue weighted by Gasteiger charge is -2.28. The molecule has 1 fully saturated rings. The van der Waals surface area contributed by atoms with Crippen molar-refractivity contribution >= 4 is 17.1 Å². The van der Waals surface area contributed by atoms with E-state index in [-0.39, 0.29) is 11.2 Å². The predicted molar refractivity (Wildman–Crippen MR) is 85.6 cm³/mol. The molecule has 0 saturated carbocycles. The van der Waals surface area contributed by atoms with Crippen LogP contribution in [-0.4, -0.2) is 44.9 Å². The first-order valence-corrected chi connectivity index (χ1v) is 7.68. The molecule has 3 rings (SSSR count). The number of aryl methyl sites for hydroxylation is 2. The molecule has 1 aliphatic rings. The standard InChI is InChI=1S/C14H22N6O2/c1-4-7-20-11-10(12(21)18(3)14(22)17(11)2)16-13(20)19-8-5-15-6-9-19/h15H,4-9H2,1-3H3. The largest absolute Gasteiger partial charge is 0.340 e. The molecule has 0 atom stereocenters. The van der Waals surface area contributed by atoms with E-state index in [1.165, 1.54) is 11.6 Å². The average Bonchev–Trinajstić information content (AvgIpc) is 2.92. The summed E-state index contributed by atoms with van der Waals surface area (Å²) in [6.07, 6.45) is 0.911. The van der Waals surface area contributed by atoms with E-state index in [1.807, 2.05) is 4.57 Å². The molecule has 120 valence electrons. The lowest BCUT2D eigenvalue weighted by Crippen LogP contribution is -2.44. The van der Waals surface area contributed by atoms with Crippen LogP contribution in [0, 0.1) is 0 Å². The van der Waals surface area contributed by atoms with Crippen LogP contribution in [0.2, 0.25) is 0 Å². The van der Waals surface area contributed by atoms with Crippen LogP contribution in [-0.2, 0) is 20.6 Å². The van der Waals surface area contributed by atoms with Gasteiger partial charge in [-0.25, -0.2) is 9.78 Å². The van der Waals surface area contributed by atoms with Crippen molar-refractivity contribution in [3.63, 3.8) is 0 Å². The Hall–Kier alpha value is -2.09. The minimum atomic E-state index is -0.329. The third kappa shape index (κ3) is 2.14. The van der Waals surface area contributed by atoms with Crippen molar-refractivity contribution in [3.05, 3.63) is 20.8 Å². The van der Waals surface area contributed by atoms with Crippen molar-refractivity contribution in [1.29, 1.82) is 0 Å². The van der Waals surface area contributed by atoms with Gasteiger partial charge in [0.25, 0.3) is 5.56 Å². The van der Waals surface area contributed by atoms with Gasteiger partial charge in [-0.1, -0.05) is 6.92 Å². The molecule has 0 radical (unpaired) electrons. The molecule has 8 heteroatoms. The number of anilines is 1. The highest BCUT2D eigenvalue weighted by Crippen LogP contribution is 2.20. The van der Waals surface area contributed by atoms with E-state index in [4.69, 9.17) is 0 Å². The van der Waals surface area contributed by atoms with Gasteiger partial charge >= 0.3 is 5.69 Å². The Morgan fingerprint density at radius 3 is 2.45 bits per heavy atom. The number of piperazine rings is 1. The van der Waals surface area contributed by atoms with Gasteiger partial charge in [-0.05, 0) is 6.42 Å². The van der Waals surface area contributed by atoms with Gasteiger partial charge in [0.1, 0.15) is 0 Å². The van der Waals surface area contributed by atoms with Gasteiger partial charge < -0.3 is 10.2 Å². The summed E-state index contributed by atoms with van der Waals surface area (Å²) in [6.45, 7) is 6.30. The Morgan fingerprint density at radius 2 is 1.82 bits per heavy atom. The second-order valence-electron chi connectivity index (χ2n) is 5.68. The van der Waals surface area contributed by atoms with Crippen molar-refractivity contribution in [2.75, 3.05) is 31.1 Å². The Morgan fingerprint density at radius 1 is 1.14 bits per heavy atom. The number of hydrogen-bond acceptors (Lipinski definition) is 5. The van der Waals surface area contributed by atoms with Crippen LogP contribution in [0.5, 0.6) is 0 Å². The second kappa shape index (κ2) is 5.60. The third-order valence-corrected chi connectivity index (χ3v) is 4.17. The first kappa shape index (κ1) is 14.8. The van der Waals surface area contributed by atoms with E-state index >= 15 is 0 Å². The number of nitrogens with one attached hydrogen (secondary N) is 1. The van der Waals surface area contributed by atoms with Gasteiger partial charge in [-0.15, -0.1) is 0 Å². The summed E-state index contributed by atoms with van der Waals surface area (Å²) in [4.78, 5) is 31.4. The van der Waals surface area contributed by atoms with E-state index in [9.17, 15) is 9.59 Å². The highest BCUT2D eigenvalue weighted by atomic mass is 16.2. The summed E-state index contributed by atoms with van der Waals surface area (Å²) in [5.41, 5.74) is 0.334. The predicted octanol–water partition coefficient (Wildman–Crippen LogP) is -0.747. The Kier molecular flexibility index (Phi) is 3.78. The molecule has 22 heavy (non-hydrogen) atoms. The first-order valence-electron chi connectivity index (χ1n) is 7.68. The smallest absolute Gasteiger partial charge is 0.332 e. The molecule has 1 aliphatic heterocycles. The van der Waals surface area contributed by atoms with Crippen LogP contribution in [0.25, 0.3) is 11.2 Å². The quantitative estimate of drug-likeness (QED) is 0.808. The van der Waals surface area contributed by atoms with Crippen LogP contribution in [0.4, 0.5) is 5.95 Å². The van der Waals surface area contributed by atoms with Crippen LogP contribution >= 0.6 is 0 Å². The van der Waals surface area contributed by atoms with Gasteiger partial charge in [0.2, 0.25) is 5.95 Å². The molecule has 0 aliphatic carbocycles. The summed E-state index contributed by atoms with van der Waals surface area (Å²) in [6, 6.07) is 0. The fourth-order valence-corrected chi connectivity index (χ4v) is 3.01. The number of nitrogens with zero attached hydrogens (tertiary/aromatic N) is 5. The Balaban J connectivity index is 2.31. The first-order chi connectivity index (χ1) is 10.6. The summed E-state index contributed by atoms with van der Waals surface area (Å²) in [7, 11) is 3.19. The van der Waals surface area contributed by atoms with E-state index in [0.717, 1.165) is 49.7 Å². The SMILES string of the molecule is CCCn1c(N2CCNCC2)nc2c(=O)n(C)c(=O)n(C)c21. The molecule has 3 heterocycles. The molecule has 8 nitrogen and oxygen atoms in total. The molecule has 2 aromatic rings. The minimum absolute atomic E-state index is 0.318. The maximum atomic E-state index is 12.4. The van der Waals surface area contributed by atoms with Crippen LogP contribution in [0.15, 0.2) is 9.59 Å². The van der Waals surface area contributed by atoms with Crippen LogP contribution in [0.3, 0.4) is 0 Å². The van der Waals surface area contributed by atoms with Crippen LogP contribution in [0.1, 0.15) is 13.3 Å². The van der Waals surface area contributed by atoms with Gasteiger partial charge in [-0.3, -0.25) is 18.5 Å². The highest BCUT2D eigenvalue weighted by molar-refractivity contribution is 5.74. The molecule has 0 bridgehead atoms. The summed E-state index contributed by atoms with van der Waals surface area (Å²) in [5, 5.41) is 3.31. The second-order valence-corrected chi connectivity index (χ2v) is 5.68. The monoisotopic (exact) mass is 306 g/mol. The highest BCUT2D eigenvalue weighted by Gasteiger charge is 2.22. The van der Waals surface area contributed by atoms with Crippen molar-refractivity contribution < 1.29 is 0 Å². The maximum Gasteiger partial charge on any atom is 0.332 e. The van der Waals surface area contributed by atoms with Crippen molar-refractivity contribution in [1.82, 2.24) is 24.0 Å². The summed E-state index contributed by atoms with van der Waals surface area (Å²) >= 11 is 0. The third-order valence-electron chi connectivity index (χ3n) is 4.17. The zero-order chi connectivity index (χ0) is 15.9. The molecule has 0 unspecified atom stereocenters. The number of rotatable bonds is 3. The van der Waals surface area contributed by atoms with E-state index in [0.29, 0.717) is 11.2 Å². The zero-order valence-electron chi connectivity index (χ0n) is 13.3. The molecule has 2 aromatic heterocycles. The van der Waals surface area contributed by atoms with Crippen LogP contribution < -0.4 is 21.5 Å². The van der Waals surface area contributed by atoms with E-state index < -0.39 is 0 Å². The van der Waals surface area contributed by atoms with Crippen molar-refractivity contribution in [3.8, 4) is 0 Å². The van der Waals surface area contributed by atoms with Gasteiger partial charge in [-0.2, -0.15) is 0 Å². The molecule has 0 aromatic carbocycles. The number of aromatic nitrogens is 4. The Bertz CT molecular complexity index is 809. The topological polar surface area (TPSA) is 77.1 Å². The number of fused-ring (bicyclic) bond motifs is 1. The summed E-state index contributed by atoms with van der Waals surface area (Å²) in [5.74, 6) is 0.789. The fraction of sp³-hybridized carbons (Fsp3) is 0.643. The minimum Gasteiger partial charge on any atom is -0.340 e. The van der Waals surface area contributed by atoms with Gasteiger partial charge in [0.15, 0.2) is 11.2 Å². The zero-order valence-corrected chi connectivity index (χ0v) is 13.3. The molecular formula is C14H22N6O2. The number of hydrogen-bond donors (Lipinski definition) is 1. The number of imidazole rings is 1. The van der Waals surface area contributed by atoms with E-state index in [2.05, 4.69) is 22.1 Å². The lowest BCUT2D eigenvalue weighted by molar-refractivity contribution is 0.562. The fourth-order valence-electron chi connectivity index (χ4n) is 3.01. The van der Waals surface area contributed by atoms with Gasteiger partial charge in [0.05, 0.1) is 0 Å². The maximum absolute atomic E-state index is 12.4. The van der Waals surface area contributed by atoms with Crippen molar-refractivity contribution in [2.45, 2.75) is 19.9 Å². The van der Waals surface area contributed by atoms with Gasteiger partial charge in [0, 0.05) is 46.8 Å². The Labute approximate surface area is 128 Å². The lowest BCUT2D eigenvalue weighted by atomic mass is 10.4. The normalized spacial score (nSPS) is 15.7. The molecular weight excluding hydrogens is 284 g/mol. The summed E-state index contributed by atoms with van der Waals surface area (Å²) < 4.78 is 4.64. The average molecular weight is 306 g/mol. The molecule has 1 N–H and O–H groups in total. The van der Waals surface area contributed by atoms with E-state index in [1.54, 1.807) is 7.05 Å². The molecule has 0 amide bonds.